The first-order valence-corrected chi connectivity index (χ1v) is 5.56. The Hall–Kier alpha value is -2.24. The lowest BCUT2D eigenvalue weighted by atomic mass is 10.1. The van der Waals surface area contributed by atoms with Crippen molar-refractivity contribution in [3.63, 3.8) is 0 Å². The summed E-state index contributed by atoms with van der Waals surface area (Å²) in [4.78, 5) is 24.3. The highest BCUT2D eigenvalue weighted by Crippen LogP contribution is 2.27. The van der Waals surface area contributed by atoms with Crippen molar-refractivity contribution in [2.75, 3.05) is 6.54 Å². The van der Waals surface area contributed by atoms with Crippen molar-refractivity contribution in [1.82, 2.24) is 4.90 Å². The highest BCUT2D eigenvalue weighted by atomic mass is 16.4. The molecule has 0 radical (unpaired) electrons. The molecule has 6 heteroatoms. The number of carboxylic acid groups (broad SMARTS) is 1. The minimum Gasteiger partial charge on any atom is -0.508 e. The van der Waals surface area contributed by atoms with Gasteiger partial charge in [-0.05, 0) is 31.0 Å². The van der Waals surface area contributed by atoms with Crippen LogP contribution in [0.3, 0.4) is 0 Å². The third-order valence-electron chi connectivity index (χ3n) is 3.01. The van der Waals surface area contributed by atoms with Gasteiger partial charge in [0.2, 0.25) is 0 Å². The van der Waals surface area contributed by atoms with Gasteiger partial charge < -0.3 is 20.2 Å². The van der Waals surface area contributed by atoms with E-state index < -0.39 is 17.9 Å². The van der Waals surface area contributed by atoms with E-state index in [9.17, 15) is 19.8 Å². The number of amides is 1. The van der Waals surface area contributed by atoms with E-state index >= 15 is 0 Å². The zero-order valence-electron chi connectivity index (χ0n) is 9.54. The second-order valence-corrected chi connectivity index (χ2v) is 4.20. The third-order valence-corrected chi connectivity index (χ3v) is 3.01. The number of rotatable bonds is 2. The van der Waals surface area contributed by atoms with E-state index in [4.69, 9.17) is 5.11 Å². The summed E-state index contributed by atoms with van der Waals surface area (Å²) in [5.74, 6) is -2.05. The molecule has 2 rings (SSSR count). The first-order chi connectivity index (χ1) is 8.50. The normalized spacial score (nSPS) is 18.9. The Morgan fingerprint density at radius 2 is 2.00 bits per heavy atom. The van der Waals surface area contributed by atoms with Gasteiger partial charge in [-0.3, -0.25) is 4.79 Å². The van der Waals surface area contributed by atoms with Crippen LogP contribution in [0.25, 0.3) is 0 Å². The maximum absolute atomic E-state index is 12.1. The Labute approximate surface area is 103 Å². The molecule has 3 N–H and O–H groups in total. The summed E-state index contributed by atoms with van der Waals surface area (Å²) >= 11 is 0. The van der Waals surface area contributed by atoms with Crippen LogP contribution in [0, 0.1) is 0 Å². The average Bonchev–Trinajstić information content (AvgIpc) is 2.80. The summed E-state index contributed by atoms with van der Waals surface area (Å²) in [6.45, 7) is 0.338. The quantitative estimate of drug-likeness (QED) is 0.675. The van der Waals surface area contributed by atoms with Crippen molar-refractivity contribution < 1.29 is 24.9 Å². The highest BCUT2D eigenvalue weighted by molar-refractivity contribution is 5.99. The molecule has 1 saturated heterocycles. The zero-order chi connectivity index (χ0) is 13.3. The standard InChI is InChI=1S/C12H13NO5/c14-7-3-4-10(15)8(6-7)11(16)13-5-1-2-9(13)12(17)18/h3-4,6,9,14-15H,1-2,5H2,(H,17,18)/t9-/m0/s1. The smallest absolute Gasteiger partial charge is 0.326 e. The average molecular weight is 251 g/mol. The SMILES string of the molecule is O=C(O)[C@@H]1CCCN1C(=O)c1cc(O)ccc1O. The van der Waals surface area contributed by atoms with Gasteiger partial charge in [0.1, 0.15) is 17.5 Å². The predicted octanol–water partition coefficient (Wildman–Crippen LogP) is 0.787. The van der Waals surface area contributed by atoms with E-state index in [1.165, 1.54) is 17.0 Å². The Morgan fingerprint density at radius 3 is 2.67 bits per heavy atom. The number of phenols is 2. The van der Waals surface area contributed by atoms with Crippen molar-refractivity contribution in [2.24, 2.45) is 0 Å². The maximum Gasteiger partial charge on any atom is 0.326 e. The van der Waals surface area contributed by atoms with Gasteiger partial charge in [-0.25, -0.2) is 4.79 Å². The fraction of sp³-hybridized carbons (Fsp3) is 0.333. The van der Waals surface area contributed by atoms with Gasteiger partial charge in [0, 0.05) is 6.54 Å². The molecule has 1 atom stereocenters. The number of likely N-dealkylation sites (tertiary alicyclic amines) is 1. The van der Waals surface area contributed by atoms with E-state index in [0.717, 1.165) is 6.07 Å². The second kappa shape index (κ2) is 4.56. The number of hydrogen-bond acceptors (Lipinski definition) is 4. The molecule has 1 aliphatic heterocycles. The zero-order valence-corrected chi connectivity index (χ0v) is 9.54. The fourth-order valence-corrected chi connectivity index (χ4v) is 2.12. The van der Waals surface area contributed by atoms with Crippen molar-refractivity contribution in [2.45, 2.75) is 18.9 Å². The van der Waals surface area contributed by atoms with E-state index in [0.29, 0.717) is 19.4 Å². The van der Waals surface area contributed by atoms with Gasteiger partial charge in [0.25, 0.3) is 5.91 Å². The van der Waals surface area contributed by atoms with Gasteiger partial charge in [-0.2, -0.15) is 0 Å². The van der Waals surface area contributed by atoms with Crippen molar-refractivity contribution in [3.05, 3.63) is 23.8 Å². The molecular formula is C12H13NO5. The molecule has 0 saturated carbocycles. The van der Waals surface area contributed by atoms with Crippen LogP contribution in [-0.4, -0.2) is 44.7 Å². The van der Waals surface area contributed by atoms with Crippen LogP contribution in [0.5, 0.6) is 11.5 Å². The molecule has 1 heterocycles. The summed E-state index contributed by atoms with van der Waals surface area (Å²) in [5, 5.41) is 27.9. The lowest BCUT2D eigenvalue weighted by Crippen LogP contribution is -2.40. The molecule has 0 aromatic heterocycles. The molecule has 0 aliphatic carbocycles. The van der Waals surface area contributed by atoms with E-state index in [2.05, 4.69) is 0 Å². The minimum atomic E-state index is -1.06. The minimum absolute atomic E-state index is 0.0804. The molecule has 18 heavy (non-hydrogen) atoms. The number of phenolic OH excluding ortho intramolecular Hbond substituents is 2. The molecule has 96 valence electrons. The van der Waals surface area contributed by atoms with Gasteiger partial charge in [0.15, 0.2) is 0 Å². The maximum atomic E-state index is 12.1. The number of aliphatic carboxylic acids is 1. The predicted molar refractivity (Wildman–Crippen MR) is 61.5 cm³/mol. The lowest BCUT2D eigenvalue weighted by molar-refractivity contribution is -0.141. The number of benzene rings is 1. The molecular weight excluding hydrogens is 238 g/mol. The summed E-state index contributed by atoms with van der Waals surface area (Å²) in [5.41, 5.74) is -0.0804. The Kier molecular flexibility index (Phi) is 3.10. The molecule has 1 aliphatic rings. The molecule has 0 bridgehead atoms. The van der Waals surface area contributed by atoms with E-state index in [1.807, 2.05) is 0 Å². The third kappa shape index (κ3) is 2.09. The first-order valence-electron chi connectivity index (χ1n) is 5.56. The number of nitrogens with zero attached hydrogens (tertiary/aromatic N) is 1. The van der Waals surface area contributed by atoms with Crippen molar-refractivity contribution in [3.8, 4) is 11.5 Å². The number of hydrogen-bond donors (Lipinski definition) is 3. The number of carbonyl (C=O) groups excluding carboxylic acids is 1. The van der Waals surface area contributed by atoms with Gasteiger partial charge >= 0.3 is 5.97 Å². The fourth-order valence-electron chi connectivity index (χ4n) is 2.12. The Bertz CT molecular complexity index is 499. The molecule has 1 amide bonds. The monoisotopic (exact) mass is 251 g/mol. The lowest BCUT2D eigenvalue weighted by Gasteiger charge is -2.21. The molecule has 1 aromatic rings. The Balaban J connectivity index is 2.31. The van der Waals surface area contributed by atoms with Crippen molar-refractivity contribution in [1.29, 1.82) is 0 Å². The van der Waals surface area contributed by atoms with Crippen LogP contribution in [0.4, 0.5) is 0 Å². The largest absolute Gasteiger partial charge is 0.508 e. The van der Waals surface area contributed by atoms with Gasteiger partial charge in [-0.1, -0.05) is 0 Å². The molecule has 0 unspecified atom stereocenters. The van der Waals surface area contributed by atoms with Crippen LogP contribution in [0.15, 0.2) is 18.2 Å². The van der Waals surface area contributed by atoms with E-state index in [1.54, 1.807) is 0 Å². The second-order valence-electron chi connectivity index (χ2n) is 4.20. The topological polar surface area (TPSA) is 98.1 Å². The summed E-state index contributed by atoms with van der Waals surface area (Å²) in [6, 6.07) is 2.73. The highest BCUT2D eigenvalue weighted by Gasteiger charge is 2.35. The van der Waals surface area contributed by atoms with Crippen molar-refractivity contribution >= 4 is 11.9 Å². The molecule has 6 nitrogen and oxygen atoms in total. The summed E-state index contributed by atoms with van der Waals surface area (Å²) < 4.78 is 0. The number of carboxylic acids is 1. The first kappa shape index (κ1) is 12.2. The Morgan fingerprint density at radius 1 is 1.28 bits per heavy atom. The van der Waals surface area contributed by atoms with Gasteiger partial charge in [0.05, 0.1) is 5.56 Å². The molecule has 1 aromatic carbocycles. The summed E-state index contributed by atoms with van der Waals surface area (Å²) in [6.07, 6.45) is 1.02. The van der Waals surface area contributed by atoms with Crippen LogP contribution in [-0.2, 0) is 4.79 Å². The van der Waals surface area contributed by atoms with Crippen LogP contribution >= 0.6 is 0 Å². The molecule has 1 fully saturated rings. The van der Waals surface area contributed by atoms with Crippen LogP contribution in [0.1, 0.15) is 23.2 Å². The number of carbonyl (C=O) groups is 2. The van der Waals surface area contributed by atoms with Crippen LogP contribution in [0.2, 0.25) is 0 Å². The molecule has 0 spiro atoms. The van der Waals surface area contributed by atoms with E-state index in [-0.39, 0.29) is 17.1 Å². The number of aromatic hydroxyl groups is 2. The van der Waals surface area contributed by atoms with Crippen LogP contribution < -0.4 is 0 Å². The summed E-state index contributed by atoms with van der Waals surface area (Å²) in [7, 11) is 0. The van der Waals surface area contributed by atoms with Gasteiger partial charge in [-0.15, -0.1) is 0 Å².